The fourth-order valence-electron chi connectivity index (χ4n) is 3.93. The summed E-state index contributed by atoms with van der Waals surface area (Å²) in [5.74, 6) is 0.0517. The van der Waals surface area contributed by atoms with Crippen molar-refractivity contribution in [2.45, 2.75) is 44.4 Å². The van der Waals surface area contributed by atoms with Crippen molar-refractivity contribution in [2.75, 3.05) is 31.6 Å². The number of urea groups is 1. The van der Waals surface area contributed by atoms with Gasteiger partial charge in [0.2, 0.25) is 5.88 Å². The molecule has 0 atom stereocenters. The first kappa shape index (κ1) is 25.5. The van der Waals surface area contributed by atoms with Gasteiger partial charge in [0.05, 0.1) is 36.5 Å². The molecule has 3 amide bonds. The molecule has 1 aromatic carbocycles. The van der Waals surface area contributed by atoms with Gasteiger partial charge in [-0.25, -0.2) is 14.1 Å². The number of likely N-dealkylation sites (tertiary alicyclic amines) is 1. The Bertz CT molecular complexity index is 986. The van der Waals surface area contributed by atoms with Crippen LogP contribution in [0.2, 0.25) is 0 Å². The number of carbonyl (C=O) groups is 2. The van der Waals surface area contributed by atoms with E-state index in [1.165, 1.54) is 6.20 Å². The number of hydrogen-bond acceptors (Lipinski definition) is 7. The number of carbonyl (C=O) groups excluding carboxylic acids is 2. The molecule has 2 aromatic rings. The summed E-state index contributed by atoms with van der Waals surface area (Å²) >= 11 is 4.09. The predicted octanol–water partition coefficient (Wildman–Crippen LogP) is 4.41. The van der Waals surface area contributed by atoms with Crippen LogP contribution in [-0.2, 0) is 10.2 Å². The van der Waals surface area contributed by atoms with E-state index in [0.29, 0.717) is 44.1 Å². The van der Waals surface area contributed by atoms with Gasteiger partial charge >= 0.3 is 6.03 Å². The van der Waals surface area contributed by atoms with Gasteiger partial charge in [-0.2, -0.15) is 5.26 Å². The van der Waals surface area contributed by atoms with Crippen molar-refractivity contribution in [3.8, 4) is 11.9 Å². The lowest BCUT2D eigenvalue weighted by molar-refractivity contribution is -0.125. The summed E-state index contributed by atoms with van der Waals surface area (Å²) in [7, 11) is 0. The molecule has 9 heteroatoms. The molecule has 1 aromatic heterocycles. The van der Waals surface area contributed by atoms with Crippen LogP contribution in [0.1, 0.15) is 44.6 Å². The molecule has 0 spiro atoms. The first-order valence-electron chi connectivity index (χ1n) is 11.6. The average molecular weight is 482 g/mol. The summed E-state index contributed by atoms with van der Waals surface area (Å²) in [6.45, 7) is 3.95. The first-order valence-corrected chi connectivity index (χ1v) is 12.0. The minimum Gasteiger partial charge on any atom is -0.478 e. The molecule has 1 aliphatic heterocycles. The molecule has 2 heterocycles. The normalized spacial score (nSPS) is 15.2. The number of pyridine rings is 1. The summed E-state index contributed by atoms with van der Waals surface area (Å²) in [4.78, 5) is 31.2. The minimum absolute atomic E-state index is 0.0516. The molecule has 1 aliphatic rings. The zero-order valence-electron chi connectivity index (χ0n) is 19.4. The van der Waals surface area contributed by atoms with Crippen molar-refractivity contribution in [3.63, 3.8) is 0 Å². The number of ether oxygens (including phenoxy) is 1. The number of aromatic nitrogens is 1. The number of anilines is 1. The van der Waals surface area contributed by atoms with Crippen LogP contribution < -0.4 is 10.1 Å². The van der Waals surface area contributed by atoms with Crippen LogP contribution in [0, 0.1) is 11.3 Å². The van der Waals surface area contributed by atoms with Crippen molar-refractivity contribution in [3.05, 3.63) is 54.2 Å². The number of unbranched alkanes of at least 4 members (excludes halogenated alkanes) is 2. The maximum Gasteiger partial charge on any atom is 0.338 e. The Hall–Kier alpha value is -3.09. The summed E-state index contributed by atoms with van der Waals surface area (Å²) in [5.41, 5.74) is 0.902. The Kier molecular flexibility index (Phi) is 9.31. The number of nitriles is 1. The van der Waals surface area contributed by atoms with Crippen LogP contribution in [0.25, 0.3) is 0 Å². The second-order valence-electron chi connectivity index (χ2n) is 8.41. The number of hydrogen-bond donors (Lipinski definition) is 2. The van der Waals surface area contributed by atoms with Gasteiger partial charge in [-0.05, 0) is 30.9 Å². The molecule has 0 saturated carbocycles. The smallest absolute Gasteiger partial charge is 0.338 e. The monoisotopic (exact) mass is 481 g/mol. The summed E-state index contributed by atoms with van der Waals surface area (Å²) in [5, 5.41) is 12.4. The van der Waals surface area contributed by atoms with Gasteiger partial charge in [-0.1, -0.05) is 62.9 Å². The highest BCUT2D eigenvalue weighted by Crippen LogP contribution is 2.34. The summed E-state index contributed by atoms with van der Waals surface area (Å²) < 4.78 is 6.34. The Morgan fingerprint density at radius 1 is 1.21 bits per heavy atom. The average Bonchev–Trinajstić information content (AvgIpc) is 2.88. The quantitative estimate of drug-likeness (QED) is 0.407. The third-order valence-corrected chi connectivity index (χ3v) is 6.43. The molecule has 8 nitrogen and oxygen atoms in total. The molecule has 1 fully saturated rings. The molecule has 34 heavy (non-hydrogen) atoms. The molecular formula is C25H31N5O3S. The second-order valence-corrected chi connectivity index (χ2v) is 8.81. The van der Waals surface area contributed by atoms with Gasteiger partial charge in [0.15, 0.2) is 0 Å². The molecule has 0 radical (unpaired) electrons. The van der Waals surface area contributed by atoms with Crippen molar-refractivity contribution >= 4 is 30.4 Å². The lowest BCUT2D eigenvalue weighted by Gasteiger charge is -2.37. The van der Waals surface area contributed by atoms with E-state index in [1.807, 2.05) is 35.2 Å². The van der Waals surface area contributed by atoms with Crippen LogP contribution in [0.15, 0.2) is 48.7 Å². The summed E-state index contributed by atoms with van der Waals surface area (Å²) in [6.07, 6.45) is 5.91. The number of amides is 3. The second kappa shape index (κ2) is 12.4. The molecule has 1 N–H and O–H groups in total. The van der Waals surface area contributed by atoms with E-state index in [9.17, 15) is 14.9 Å². The van der Waals surface area contributed by atoms with Crippen LogP contribution in [0.5, 0.6) is 5.88 Å². The van der Waals surface area contributed by atoms with Crippen LogP contribution in [0.4, 0.5) is 10.5 Å². The number of nitrogens with one attached hydrogen (secondary N) is 1. The maximum absolute atomic E-state index is 12.6. The fraction of sp³-hybridized carbons (Fsp3) is 0.440. The minimum atomic E-state index is -0.653. The standard InChI is InChI=1S/C25H31N5O3S/c1-2-3-7-16-33-22-11-10-21(17-27-22)28-24(32)30(34)23(31)18-29-14-12-25(19-26,13-15-29)20-8-5-4-6-9-20/h4-6,8-11,17,34H,2-3,7,12-16,18H2,1H3,(H,28,32). The van der Waals surface area contributed by atoms with Crippen LogP contribution >= 0.6 is 12.8 Å². The number of benzene rings is 1. The highest BCUT2D eigenvalue weighted by molar-refractivity contribution is 7.79. The zero-order chi connectivity index (χ0) is 24.4. The van der Waals surface area contributed by atoms with Crippen molar-refractivity contribution < 1.29 is 14.3 Å². The van der Waals surface area contributed by atoms with Gasteiger partial charge in [-0.3, -0.25) is 9.69 Å². The molecule has 0 unspecified atom stereocenters. The molecule has 180 valence electrons. The largest absolute Gasteiger partial charge is 0.478 e. The van der Waals surface area contributed by atoms with E-state index in [0.717, 1.165) is 29.1 Å². The van der Waals surface area contributed by atoms with E-state index in [1.54, 1.807) is 12.1 Å². The van der Waals surface area contributed by atoms with Crippen LogP contribution in [0.3, 0.4) is 0 Å². The molecule has 0 bridgehead atoms. The third-order valence-electron chi connectivity index (χ3n) is 6.02. The fourth-order valence-corrected chi connectivity index (χ4v) is 4.04. The number of nitrogens with zero attached hydrogens (tertiary/aromatic N) is 4. The van der Waals surface area contributed by atoms with E-state index >= 15 is 0 Å². The third kappa shape index (κ3) is 6.72. The number of thiol groups is 1. The number of rotatable bonds is 9. The van der Waals surface area contributed by atoms with Gasteiger partial charge in [0, 0.05) is 19.2 Å². The highest BCUT2D eigenvalue weighted by Gasteiger charge is 2.37. The lowest BCUT2D eigenvalue weighted by Crippen LogP contribution is -2.46. The van der Waals surface area contributed by atoms with E-state index in [2.05, 4.69) is 36.1 Å². The molecule has 3 rings (SSSR count). The van der Waals surface area contributed by atoms with Crippen LogP contribution in [-0.4, -0.2) is 52.4 Å². The Morgan fingerprint density at radius 2 is 1.94 bits per heavy atom. The van der Waals surface area contributed by atoms with Gasteiger partial charge in [0.1, 0.15) is 0 Å². The maximum atomic E-state index is 12.6. The Morgan fingerprint density at radius 3 is 2.56 bits per heavy atom. The number of imide groups is 1. The Labute approximate surface area is 206 Å². The van der Waals surface area contributed by atoms with Crippen molar-refractivity contribution in [1.82, 2.24) is 14.2 Å². The van der Waals surface area contributed by atoms with Gasteiger partial charge in [-0.15, -0.1) is 0 Å². The molecular weight excluding hydrogens is 450 g/mol. The molecule has 1 saturated heterocycles. The number of piperidine rings is 1. The van der Waals surface area contributed by atoms with Crippen molar-refractivity contribution in [1.29, 1.82) is 5.26 Å². The first-order chi connectivity index (χ1) is 16.5. The Balaban J connectivity index is 1.46. The summed E-state index contributed by atoms with van der Waals surface area (Å²) in [6, 6.07) is 14.9. The topological polar surface area (TPSA) is 98.6 Å². The highest BCUT2D eigenvalue weighted by atomic mass is 32.1. The lowest BCUT2D eigenvalue weighted by atomic mass is 9.74. The van der Waals surface area contributed by atoms with Gasteiger partial charge < -0.3 is 10.1 Å². The van der Waals surface area contributed by atoms with E-state index in [4.69, 9.17) is 4.74 Å². The predicted molar refractivity (Wildman–Crippen MR) is 134 cm³/mol. The van der Waals surface area contributed by atoms with E-state index in [-0.39, 0.29) is 6.54 Å². The van der Waals surface area contributed by atoms with Gasteiger partial charge in [0.25, 0.3) is 5.91 Å². The van der Waals surface area contributed by atoms with E-state index < -0.39 is 17.4 Å². The SMILES string of the molecule is CCCCCOc1ccc(NC(=O)N(S)C(=O)CN2CCC(C#N)(c3ccccc3)CC2)cn1. The van der Waals surface area contributed by atoms with Crippen molar-refractivity contribution in [2.24, 2.45) is 0 Å². The zero-order valence-corrected chi connectivity index (χ0v) is 20.3. The molecule has 0 aliphatic carbocycles.